The summed E-state index contributed by atoms with van der Waals surface area (Å²) >= 11 is 0. The lowest BCUT2D eigenvalue weighted by Crippen LogP contribution is -2.50. The summed E-state index contributed by atoms with van der Waals surface area (Å²) in [5, 5.41) is 2.80. The van der Waals surface area contributed by atoms with Crippen molar-refractivity contribution in [3.05, 3.63) is 82.3 Å². The number of aromatic nitrogens is 2. The molecular weight excluding hydrogens is 406 g/mol. The molecule has 166 valence electrons. The van der Waals surface area contributed by atoms with E-state index in [9.17, 15) is 14.4 Å². The van der Waals surface area contributed by atoms with Crippen molar-refractivity contribution >= 4 is 17.5 Å². The van der Waals surface area contributed by atoms with Crippen molar-refractivity contribution in [3.8, 4) is 5.69 Å². The van der Waals surface area contributed by atoms with Crippen LogP contribution >= 0.6 is 0 Å². The van der Waals surface area contributed by atoms with Crippen LogP contribution in [0.1, 0.15) is 16.1 Å². The number of rotatable bonds is 5. The Bertz CT molecular complexity index is 1160. The number of nitrogens with zero attached hydrogens (tertiary/aromatic N) is 4. The van der Waals surface area contributed by atoms with Crippen LogP contribution in [-0.4, -0.2) is 63.7 Å². The molecule has 32 heavy (non-hydrogen) atoms. The van der Waals surface area contributed by atoms with E-state index in [1.165, 1.54) is 0 Å². The van der Waals surface area contributed by atoms with Gasteiger partial charge < -0.3 is 10.2 Å². The number of benzene rings is 2. The van der Waals surface area contributed by atoms with Crippen LogP contribution in [0.15, 0.2) is 65.5 Å². The molecule has 2 amide bonds. The van der Waals surface area contributed by atoms with Gasteiger partial charge in [-0.3, -0.25) is 24.0 Å². The lowest BCUT2D eigenvalue weighted by atomic mass is 10.2. The molecule has 0 aliphatic carbocycles. The molecule has 0 radical (unpaired) electrons. The predicted octanol–water partition coefficient (Wildman–Crippen LogP) is 1.88. The van der Waals surface area contributed by atoms with E-state index in [0.717, 1.165) is 5.69 Å². The van der Waals surface area contributed by atoms with E-state index < -0.39 is 0 Å². The number of para-hydroxylation sites is 1. The smallest absolute Gasteiger partial charge is 0.295 e. The standard InChI is InChI=1S/C24H27N5O3/c1-18-22(24(32)29(26(18)2)20-11-7-4-8-12-20)25-21(30)17-27-13-15-28(16-14-27)23(31)19-9-5-3-6-10-19/h3-12H,13-17H2,1-2H3,(H,25,30). The zero-order chi connectivity index (χ0) is 22.7. The number of carbonyl (C=O) groups excluding carboxylic acids is 2. The Morgan fingerprint density at radius 2 is 1.50 bits per heavy atom. The lowest BCUT2D eigenvalue weighted by Gasteiger charge is -2.34. The van der Waals surface area contributed by atoms with Crippen molar-refractivity contribution in [2.75, 3.05) is 38.0 Å². The second-order valence-corrected chi connectivity index (χ2v) is 7.92. The highest BCUT2D eigenvalue weighted by Crippen LogP contribution is 2.14. The summed E-state index contributed by atoms with van der Waals surface area (Å²) in [6.07, 6.45) is 0. The number of carbonyl (C=O) groups is 2. The van der Waals surface area contributed by atoms with E-state index >= 15 is 0 Å². The first kappa shape index (κ1) is 21.6. The predicted molar refractivity (Wildman–Crippen MR) is 123 cm³/mol. The summed E-state index contributed by atoms with van der Waals surface area (Å²) in [7, 11) is 1.79. The van der Waals surface area contributed by atoms with Crippen LogP contribution in [0.2, 0.25) is 0 Å². The van der Waals surface area contributed by atoms with E-state index in [2.05, 4.69) is 5.32 Å². The number of amides is 2. The summed E-state index contributed by atoms with van der Waals surface area (Å²) in [5.41, 5.74) is 2.13. The van der Waals surface area contributed by atoms with Crippen LogP contribution in [0, 0.1) is 6.92 Å². The van der Waals surface area contributed by atoms with Gasteiger partial charge in [-0.2, -0.15) is 0 Å². The van der Waals surface area contributed by atoms with Crippen LogP contribution in [0.25, 0.3) is 5.69 Å². The Hall–Kier alpha value is -3.65. The highest BCUT2D eigenvalue weighted by molar-refractivity contribution is 5.94. The monoisotopic (exact) mass is 433 g/mol. The van der Waals surface area contributed by atoms with Gasteiger partial charge in [0.15, 0.2) is 0 Å². The van der Waals surface area contributed by atoms with E-state index in [1.54, 1.807) is 16.4 Å². The van der Waals surface area contributed by atoms with Gasteiger partial charge >= 0.3 is 0 Å². The van der Waals surface area contributed by atoms with Gasteiger partial charge in [0.25, 0.3) is 11.5 Å². The molecule has 0 bridgehead atoms. The summed E-state index contributed by atoms with van der Waals surface area (Å²) in [6.45, 7) is 4.32. The van der Waals surface area contributed by atoms with E-state index in [0.29, 0.717) is 43.1 Å². The Morgan fingerprint density at radius 3 is 2.12 bits per heavy atom. The summed E-state index contributed by atoms with van der Waals surface area (Å²) in [5.74, 6) is -0.227. The molecule has 1 saturated heterocycles. The third kappa shape index (κ3) is 4.36. The third-order valence-electron chi connectivity index (χ3n) is 5.87. The quantitative estimate of drug-likeness (QED) is 0.666. The minimum Gasteiger partial charge on any atom is -0.336 e. The Balaban J connectivity index is 1.37. The second kappa shape index (κ2) is 9.23. The highest BCUT2D eigenvalue weighted by atomic mass is 16.2. The molecule has 0 spiro atoms. The number of piperazine rings is 1. The van der Waals surface area contributed by atoms with Gasteiger partial charge in [0.2, 0.25) is 5.91 Å². The first-order chi connectivity index (χ1) is 15.5. The van der Waals surface area contributed by atoms with Gasteiger partial charge in [0.1, 0.15) is 5.69 Å². The topological polar surface area (TPSA) is 79.6 Å². The molecule has 1 aliphatic heterocycles. The van der Waals surface area contributed by atoms with Crippen molar-refractivity contribution in [2.24, 2.45) is 7.05 Å². The molecule has 1 fully saturated rings. The summed E-state index contributed by atoms with van der Waals surface area (Å²) < 4.78 is 3.28. The first-order valence-electron chi connectivity index (χ1n) is 10.7. The molecule has 0 unspecified atom stereocenters. The van der Waals surface area contributed by atoms with Crippen LogP contribution in [0.5, 0.6) is 0 Å². The summed E-state index contributed by atoms with van der Waals surface area (Å²) in [6, 6.07) is 18.5. The fraction of sp³-hybridized carbons (Fsp3) is 0.292. The van der Waals surface area contributed by atoms with Gasteiger partial charge in [-0.15, -0.1) is 0 Å². The van der Waals surface area contributed by atoms with Gasteiger partial charge in [0, 0.05) is 38.8 Å². The molecule has 0 saturated carbocycles. The van der Waals surface area contributed by atoms with Crippen molar-refractivity contribution in [1.29, 1.82) is 0 Å². The van der Waals surface area contributed by atoms with Gasteiger partial charge in [-0.1, -0.05) is 36.4 Å². The molecular formula is C24H27N5O3. The maximum absolute atomic E-state index is 13.0. The van der Waals surface area contributed by atoms with Crippen LogP contribution in [0.4, 0.5) is 5.69 Å². The van der Waals surface area contributed by atoms with E-state index in [4.69, 9.17) is 0 Å². The maximum Gasteiger partial charge on any atom is 0.295 e. The summed E-state index contributed by atoms with van der Waals surface area (Å²) in [4.78, 5) is 42.0. The molecule has 4 rings (SSSR count). The number of anilines is 1. The number of nitrogens with one attached hydrogen (secondary N) is 1. The van der Waals surface area contributed by atoms with Crippen molar-refractivity contribution in [1.82, 2.24) is 19.2 Å². The van der Waals surface area contributed by atoms with E-state index in [-0.39, 0.29) is 23.9 Å². The molecule has 1 aliphatic rings. The van der Waals surface area contributed by atoms with Crippen LogP contribution < -0.4 is 10.9 Å². The molecule has 2 aromatic carbocycles. The minimum absolute atomic E-state index is 0.0103. The highest BCUT2D eigenvalue weighted by Gasteiger charge is 2.24. The zero-order valence-electron chi connectivity index (χ0n) is 18.3. The van der Waals surface area contributed by atoms with Crippen molar-refractivity contribution < 1.29 is 9.59 Å². The zero-order valence-corrected chi connectivity index (χ0v) is 18.3. The normalized spacial score (nSPS) is 14.4. The van der Waals surface area contributed by atoms with Gasteiger partial charge in [0.05, 0.1) is 17.9 Å². The second-order valence-electron chi connectivity index (χ2n) is 7.92. The lowest BCUT2D eigenvalue weighted by molar-refractivity contribution is -0.117. The van der Waals surface area contributed by atoms with E-state index in [1.807, 2.05) is 77.4 Å². The molecule has 1 N–H and O–H groups in total. The average molecular weight is 434 g/mol. The molecule has 0 atom stereocenters. The number of hydrogen-bond acceptors (Lipinski definition) is 4. The third-order valence-corrected chi connectivity index (χ3v) is 5.87. The fourth-order valence-corrected chi connectivity index (χ4v) is 3.97. The van der Waals surface area contributed by atoms with Crippen LogP contribution in [-0.2, 0) is 11.8 Å². The number of hydrogen-bond donors (Lipinski definition) is 1. The van der Waals surface area contributed by atoms with Gasteiger partial charge in [-0.25, -0.2) is 4.68 Å². The van der Waals surface area contributed by atoms with Crippen molar-refractivity contribution in [2.45, 2.75) is 6.92 Å². The van der Waals surface area contributed by atoms with Gasteiger partial charge in [-0.05, 0) is 31.2 Å². The molecule has 1 aromatic heterocycles. The molecule has 8 heteroatoms. The molecule has 2 heterocycles. The Morgan fingerprint density at radius 1 is 0.906 bits per heavy atom. The largest absolute Gasteiger partial charge is 0.336 e. The maximum atomic E-state index is 13.0. The Kier molecular flexibility index (Phi) is 6.23. The minimum atomic E-state index is -0.261. The molecule has 3 aromatic rings. The fourth-order valence-electron chi connectivity index (χ4n) is 3.97. The Labute approximate surface area is 186 Å². The van der Waals surface area contributed by atoms with Crippen molar-refractivity contribution in [3.63, 3.8) is 0 Å². The SMILES string of the molecule is Cc1c(NC(=O)CN2CCN(C(=O)c3ccccc3)CC2)c(=O)n(-c2ccccc2)n1C. The molecule has 8 nitrogen and oxygen atoms in total. The average Bonchev–Trinajstić information content (AvgIpc) is 3.03. The van der Waals surface area contributed by atoms with Crippen LogP contribution in [0.3, 0.4) is 0 Å². The first-order valence-corrected chi connectivity index (χ1v) is 10.7.